The van der Waals surface area contributed by atoms with E-state index in [1.165, 1.54) is 6.07 Å². The van der Waals surface area contributed by atoms with Crippen molar-refractivity contribution in [2.45, 2.75) is 6.92 Å². The van der Waals surface area contributed by atoms with Crippen molar-refractivity contribution < 1.29 is 4.39 Å². The summed E-state index contributed by atoms with van der Waals surface area (Å²) >= 11 is 0. The molecule has 0 aliphatic carbocycles. The second kappa shape index (κ2) is 2.94. The molecule has 1 rings (SSSR count). The van der Waals surface area contributed by atoms with Gasteiger partial charge in [0.25, 0.3) is 0 Å². The Bertz CT molecular complexity index is 330. The van der Waals surface area contributed by atoms with Crippen LogP contribution in [0, 0.1) is 18.1 Å². The zero-order valence-corrected chi connectivity index (χ0v) is 7.16. The van der Waals surface area contributed by atoms with Crippen molar-refractivity contribution >= 4 is 20.2 Å². The maximum absolute atomic E-state index is 12.8. The number of diazo groups is 1. The van der Waals surface area contributed by atoms with Gasteiger partial charge in [0.05, 0.1) is 11.4 Å². The SMILES string of the molecule is Cc1cc(P)c([N+]#N)cc1F. The van der Waals surface area contributed by atoms with Crippen molar-refractivity contribution in [3.05, 3.63) is 28.5 Å². The van der Waals surface area contributed by atoms with Crippen LogP contribution in [0.4, 0.5) is 10.1 Å². The Balaban J connectivity index is 3.35. The van der Waals surface area contributed by atoms with Crippen molar-refractivity contribution in [1.29, 1.82) is 5.39 Å². The van der Waals surface area contributed by atoms with Gasteiger partial charge in [0.1, 0.15) is 5.82 Å². The summed E-state index contributed by atoms with van der Waals surface area (Å²) in [5.74, 6) is -0.357. The van der Waals surface area contributed by atoms with Crippen molar-refractivity contribution in [1.82, 2.24) is 0 Å². The minimum absolute atomic E-state index is 0.248. The lowest BCUT2D eigenvalue weighted by molar-refractivity contribution is 0.620. The molecule has 0 saturated heterocycles. The molecule has 1 aromatic carbocycles. The third kappa shape index (κ3) is 1.53. The highest BCUT2D eigenvalue weighted by Gasteiger charge is 2.12. The normalized spacial score (nSPS) is 9.27. The van der Waals surface area contributed by atoms with Crippen molar-refractivity contribution in [3.63, 3.8) is 0 Å². The van der Waals surface area contributed by atoms with E-state index in [0.29, 0.717) is 10.9 Å². The predicted octanol–water partition coefficient (Wildman–Crippen LogP) is 2.12. The first-order valence-corrected chi connectivity index (χ1v) is 3.63. The first-order valence-electron chi connectivity index (χ1n) is 3.06. The highest BCUT2D eigenvalue weighted by molar-refractivity contribution is 7.28. The van der Waals surface area contributed by atoms with Crippen LogP contribution in [-0.2, 0) is 0 Å². The fourth-order valence-electron chi connectivity index (χ4n) is 0.780. The highest BCUT2D eigenvalue weighted by Crippen LogP contribution is 2.16. The van der Waals surface area contributed by atoms with E-state index in [4.69, 9.17) is 5.39 Å². The molecule has 0 heterocycles. The summed E-state index contributed by atoms with van der Waals surface area (Å²) in [6, 6.07) is 2.80. The van der Waals surface area contributed by atoms with Crippen LogP contribution < -0.4 is 5.30 Å². The Hall–Kier alpha value is -1.00. The molecule has 1 aromatic rings. The molecule has 0 aliphatic rings. The molecule has 0 aliphatic heterocycles. The van der Waals surface area contributed by atoms with Gasteiger partial charge in [0.2, 0.25) is 5.39 Å². The highest BCUT2D eigenvalue weighted by atomic mass is 31.0. The second-order valence-corrected chi connectivity index (χ2v) is 2.88. The first kappa shape index (κ1) is 8.10. The van der Waals surface area contributed by atoms with Gasteiger partial charge < -0.3 is 0 Å². The molecule has 2 nitrogen and oxygen atoms in total. The molecule has 4 heteroatoms. The minimum atomic E-state index is -0.357. The average molecular weight is 169 g/mol. The standard InChI is InChI=1S/C7H7FN2P/c1-4-2-7(11)6(10-9)3-5(4)8/h2-3H,11H2,1H3/q+1. The molecular formula is C7H7FN2P+. The number of nitrogens with zero attached hydrogens (tertiary/aromatic N) is 2. The number of hydrogen-bond acceptors (Lipinski definition) is 1. The van der Waals surface area contributed by atoms with Gasteiger partial charge in [-0.15, -0.1) is 0 Å². The van der Waals surface area contributed by atoms with E-state index in [1.807, 2.05) is 0 Å². The van der Waals surface area contributed by atoms with Crippen LogP contribution in [0.25, 0.3) is 4.98 Å². The van der Waals surface area contributed by atoms with E-state index in [2.05, 4.69) is 14.2 Å². The topological polar surface area (TPSA) is 28.1 Å². The van der Waals surface area contributed by atoms with Crippen LogP contribution in [0.5, 0.6) is 0 Å². The molecule has 1 atom stereocenters. The number of halogens is 1. The van der Waals surface area contributed by atoms with Gasteiger partial charge in [-0.25, -0.2) is 4.39 Å². The Kier molecular flexibility index (Phi) is 2.16. The molecular weight excluding hydrogens is 162 g/mol. The van der Waals surface area contributed by atoms with E-state index in [-0.39, 0.29) is 11.5 Å². The lowest BCUT2D eigenvalue weighted by atomic mass is 10.2. The van der Waals surface area contributed by atoms with Crippen LogP contribution in [0.1, 0.15) is 5.56 Å². The molecule has 0 aromatic heterocycles. The molecule has 0 bridgehead atoms. The van der Waals surface area contributed by atoms with E-state index < -0.39 is 0 Å². The Morgan fingerprint density at radius 3 is 2.73 bits per heavy atom. The lowest BCUT2D eigenvalue weighted by Crippen LogP contribution is -1.94. The van der Waals surface area contributed by atoms with E-state index in [1.54, 1.807) is 13.0 Å². The van der Waals surface area contributed by atoms with Gasteiger partial charge in [-0.05, 0) is 18.6 Å². The molecule has 0 saturated carbocycles. The summed E-state index contributed by atoms with van der Waals surface area (Å²) in [6.45, 7) is 1.66. The monoisotopic (exact) mass is 169 g/mol. The van der Waals surface area contributed by atoms with Gasteiger partial charge in [0, 0.05) is 0 Å². The first-order chi connectivity index (χ1) is 5.15. The van der Waals surface area contributed by atoms with Crippen LogP contribution in [0.3, 0.4) is 0 Å². The quantitative estimate of drug-likeness (QED) is 0.431. The van der Waals surface area contributed by atoms with Gasteiger partial charge in [-0.2, -0.15) is 0 Å². The zero-order chi connectivity index (χ0) is 8.43. The fraction of sp³-hybridized carbons (Fsp3) is 0.143. The second-order valence-electron chi connectivity index (χ2n) is 2.26. The Morgan fingerprint density at radius 2 is 2.18 bits per heavy atom. The number of aryl methyl sites for hydroxylation is 1. The molecule has 0 amide bonds. The van der Waals surface area contributed by atoms with Gasteiger partial charge >= 0.3 is 5.69 Å². The molecule has 1 unspecified atom stereocenters. The third-order valence-corrected chi connectivity index (χ3v) is 1.88. The largest absolute Gasteiger partial charge is 0.394 e. The van der Waals surface area contributed by atoms with E-state index in [0.717, 1.165) is 0 Å². The number of rotatable bonds is 0. The minimum Gasteiger partial charge on any atom is -0.206 e. The summed E-state index contributed by atoms with van der Waals surface area (Å²) < 4.78 is 12.8. The van der Waals surface area contributed by atoms with E-state index in [9.17, 15) is 4.39 Å². The average Bonchev–Trinajstić information content (AvgIpc) is 1.97. The van der Waals surface area contributed by atoms with Crippen molar-refractivity contribution in [2.75, 3.05) is 0 Å². The molecule has 0 spiro atoms. The number of benzene rings is 1. The third-order valence-electron chi connectivity index (χ3n) is 1.42. The molecule has 0 radical (unpaired) electrons. The predicted molar refractivity (Wildman–Crippen MR) is 45.2 cm³/mol. The summed E-state index contributed by atoms with van der Waals surface area (Å²) in [6.07, 6.45) is 0. The van der Waals surface area contributed by atoms with Crippen LogP contribution >= 0.6 is 9.24 Å². The van der Waals surface area contributed by atoms with Crippen molar-refractivity contribution in [3.8, 4) is 0 Å². The smallest absolute Gasteiger partial charge is 0.206 e. The van der Waals surface area contributed by atoms with Gasteiger partial charge in [-0.3, -0.25) is 0 Å². The summed E-state index contributed by atoms with van der Waals surface area (Å²) in [4.78, 5) is 2.91. The van der Waals surface area contributed by atoms with E-state index >= 15 is 0 Å². The van der Waals surface area contributed by atoms with Crippen LogP contribution in [0.15, 0.2) is 12.1 Å². The molecule has 11 heavy (non-hydrogen) atoms. The van der Waals surface area contributed by atoms with Gasteiger partial charge in [0.15, 0.2) is 4.98 Å². The van der Waals surface area contributed by atoms with Crippen molar-refractivity contribution in [2.24, 2.45) is 0 Å². The zero-order valence-electron chi connectivity index (χ0n) is 6.00. The fourth-order valence-corrected chi connectivity index (χ4v) is 1.17. The summed E-state index contributed by atoms with van der Waals surface area (Å²) in [5, 5.41) is 9.07. The Labute approximate surface area is 66.3 Å². The molecule has 56 valence electrons. The molecule has 0 N–H and O–H groups in total. The maximum Gasteiger partial charge on any atom is 0.394 e. The molecule has 0 fully saturated rings. The summed E-state index contributed by atoms with van der Waals surface area (Å²) in [5.41, 5.74) is 0.792. The maximum atomic E-state index is 12.8. The summed E-state index contributed by atoms with van der Waals surface area (Å²) in [7, 11) is 2.37. The van der Waals surface area contributed by atoms with Crippen LogP contribution in [0.2, 0.25) is 0 Å². The van der Waals surface area contributed by atoms with Gasteiger partial charge in [-0.1, -0.05) is 9.24 Å². The Morgan fingerprint density at radius 1 is 1.55 bits per heavy atom. The number of hydrogen-bond donors (Lipinski definition) is 0. The lowest BCUT2D eigenvalue weighted by Gasteiger charge is -1.92. The van der Waals surface area contributed by atoms with Crippen LogP contribution in [-0.4, -0.2) is 0 Å².